The van der Waals surface area contributed by atoms with Crippen molar-refractivity contribution in [1.29, 1.82) is 0 Å². The van der Waals surface area contributed by atoms with Crippen LogP contribution in [0.1, 0.15) is 19.8 Å². The van der Waals surface area contributed by atoms with Crippen LogP contribution in [0, 0.1) is 5.41 Å². The SMILES string of the molecule is CC1NC(=O)C12CC(F)(F)C2. The highest BCUT2D eigenvalue weighted by Crippen LogP contribution is 2.57. The first kappa shape index (κ1) is 7.00. The lowest BCUT2D eigenvalue weighted by Gasteiger charge is -2.56. The number of amides is 1. The lowest BCUT2D eigenvalue weighted by atomic mass is 9.57. The summed E-state index contributed by atoms with van der Waals surface area (Å²) in [7, 11) is 0. The molecule has 2 aliphatic rings. The molecule has 1 aliphatic heterocycles. The Morgan fingerprint density at radius 2 is 2.09 bits per heavy atom. The highest BCUT2D eigenvalue weighted by atomic mass is 19.3. The summed E-state index contributed by atoms with van der Waals surface area (Å²) in [6, 6.07) is -0.0605. The number of carbonyl (C=O) groups is 1. The van der Waals surface area contributed by atoms with Gasteiger partial charge in [-0.15, -0.1) is 0 Å². The van der Waals surface area contributed by atoms with Crippen LogP contribution in [0.15, 0.2) is 0 Å². The number of hydrogen-bond acceptors (Lipinski definition) is 1. The van der Waals surface area contributed by atoms with Crippen molar-refractivity contribution in [2.75, 3.05) is 0 Å². The van der Waals surface area contributed by atoms with Crippen molar-refractivity contribution in [3.8, 4) is 0 Å². The number of carbonyl (C=O) groups excluding carboxylic acids is 1. The second-order valence-corrected chi connectivity index (χ2v) is 3.56. The number of alkyl halides is 2. The number of β-lactam (4-membered cyclic amide) rings is 1. The Kier molecular flexibility index (Phi) is 0.997. The molecule has 0 aromatic carbocycles. The molecule has 0 radical (unpaired) electrons. The van der Waals surface area contributed by atoms with Gasteiger partial charge in [0.05, 0.1) is 5.41 Å². The van der Waals surface area contributed by atoms with Crippen LogP contribution in [0.25, 0.3) is 0 Å². The second-order valence-electron chi connectivity index (χ2n) is 3.56. The molecule has 2 rings (SSSR count). The maximum atomic E-state index is 12.4. The van der Waals surface area contributed by atoms with Crippen LogP contribution < -0.4 is 5.32 Å². The van der Waals surface area contributed by atoms with E-state index in [2.05, 4.69) is 5.32 Å². The van der Waals surface area contributed by atoms with Crippen LogP contribution in [0.2, 0.25) is 0 Å². The van der Waals surface area contributed by atoms with Crippen molar-refractivity contribution >= 4 is 5.91 Å². The van der Waals surface area contributed by atoms with Gasteiger partial charge in [0.25, 0.3) is 0 Å². The minimum atomic E-state index is -2.59. The molecule has 1 saturated heterocycles. The normalized spacial score (nSPS) is 37.4. The monoisotopic (exact) mass is 161 g/mol. The van der Waals surface area contributed by atoms with Crippen LogP contribution in [-0.2, 0) is 4.79 Å². The molecule has 0 bridgehead atoms. The molecule has 1 saturated carbocycles. The van der Waals surface area contributed by atoms with Gasteiger partial charge in [-0.3, -0.25) is 4.79 Å². The molecule has 1 N–H and O–H groups in total. The van der Waals surface area contributed by atoms with Crippen LogP contribution in [0.5, 0.6) is 0 Å². The van der Waals surface area contributed by atoms with Crippen molar-refractivity contribution in [2.24, 2.45) is 5.41 Å². The Labute approximate surface area is 63.0 Å². The Hall–Kier alpha value is -0.670. The maximum absolute atomic E-state index is 12.4. The fourth-order valence-corrected chi connectivity index (χ4v) is 1.94. The zero-order valence-corrected chi connectivity index (χ0v) is 6.16. The molecule has 1 unspecified atom stereocenters. The Bertz CT molecular complexity index is 218. The van der Waals surface area contributed by atoms with Gasteiger partial charge < -0.3 is 5.32 Å². The molecule has 1 spiro atoms. The van der Waals surface area contributed by atoms with Gasteiger partial charge in [-0.1, -0.05) is 0 Å². The van der Waals surface area contributed by atoms with Gasteiger partial charge in [-0.25, -0.2) is 8.78 Å². The summed E-state index contributed by atoms with van der Waals surface area (Å²) in [6.07, 6.45) is -0.514. The summed E-state index contributed by atoms with van der Waals surface area (Å²) in [4.78, 5) is 10.9. The first-order valence-corrected chi connectivity index (χ1v) is 3.65. The van der Waals surface area contributed by atoms with Gasteiger partial charge in [-0.05, 0) is 6.92 Å². The van der Waals surface area contributed by atoms with E-state index in [0.29, 0.717) is 0 Å². The van der Waals surface area contributed by atoms with Gasteiger partial charge in [0, 0.05) is 18.9 Å². The van der Waals surface area contributed by atoms with Gasteiger partial charge in [-0.2, -0.15) is 0 Å². The smallest absolute Gasteiger partial charge is 0.250 e. The van der Waals surface area contributed by atoms with Gasteiger partial charge in [0.15, 0.2) is 0 Å². The van der Waals surface area contributed by atoms with E-state index in [-0.39, 0.29) is 24.8 Å². The van der Waals surface area contributed by atoms with Crippen LogP contribution in [0.3, 0.4) is 0 Å². The molecule has 0 aromatic rings. The summed E-state index contributed by atoms with van der Waals surface area (Å²) in [6.45, 7) is 1.77. The Morgan fingerprint density at radius 1 is 1.55 bits per heavy atom. The molecule has 2 nitrogen and oxygen atoms in total. The van der Waals surface area contributed by atoms with E-state index in [9.17, 15) is 13.6 Å². The van der Waals surface area contributed by atoms with Crippen LogP contribution >= 0.6 is 0 Å². The summed E-state index contributed by atoms with van der Waals surface area (Å²) in [5, 5.41) is 2.56. The van der Waals surface area contributed by atoms with E-state index in [0.717, 1.165) is 0 Å². The second kappa shape index (κ2) is 1.57. The Balaban J connectivity index is 2.11. The number of halogens is 2. The van der Waals surface area contributed by atoms with Gasteiger partial charge in [0.2, 0.25) is 11.8 Å². The third-order valence-corrected chi connectivity index (χ3v) is 2.78. The predicted molar refractivity (Wildman–Crippen MR) is 34.2 cm³/mol. The van der Waals surface area contributed by atoms with Gasteiger partial charge in [0.1, 0.15) is 0 Å². The number of nitrogens with one attached hydrogen (secondary N) is 1. The van der Waals surface area contributed by atoms with Crippen LogP contribution in [-0.4, -0.2) is 17.9 Å². The van der Waals surface area contributed by atoms with E-state index in [1.165, 1.54) is 0 Å². The quantitative estimate of drug-likeness (QED) is 0.526. The molecule has 1 heterocycles. The largest absolute Gasteiger partial charge is 0.352 e. The fraction of sp³-hybridized carbons (Fsp3) is 0.857. The average Bonchev–Trinajstić information content (AvgIpc) is 1.83. The van der Waals surface area contributed by atoms with Crippen LogP contribution in [0.4, 0.5) is 8.78 Å². The molecule has 1 amide bonds. The zero-order chi connectivity index (χ0) is 8.28. The fourth-order valence-electron chi connectivity index (χ4n) is 1.94. The third kappa shape index (κ3) is 0.671. The zero-order valence-electron chi connectivity index (χ0n) is 6.16. The van der Waals surface area contributed by atoms with E-state index in [1.807, 2.05) is 0 Å². The molecular weight excluding hydrogens is 152 g/mol. The molecule has 62 valence electrons. The molecule has 0 aromatic heterocycles. The first-order chi connectivity index (χ1) is 4.96. The van der Waals surface area contributed by atoms with Crippen molar-refractivity contribution in [1.82, 2.24) is 5.32 Å². The third-order valence-electron chi connectivity index (χ3n) is 2.78. The van der Waals surface area contributed by atoms with E-state index in [4.69, 9.17) is 0 Å². The standard InChI is InChI=1S/C7H9F2NO/c1-4-6(5(11)10-4)2-7(8,9)3-6/h4H,2-3H2,1H3,(H,10,11). The minimum Gasteiger partial charge on any atom is -0.352 e. The molecule has 1 aliphatic carbocycles. The maximum Gasteiger partial charge on any atom is 0.250 e. The minimum absolute atomic E-state index is 0.0605. The number of rotatable bonds is 0. The average molecular weight is 161 g/mol. The summed E-state index contributed by atoms with van der Waals surface area (Å²) in [5.41, 5.74) is -0.705. The topological polar surface area (TPSA) is 29.1 Å². The summed E-state index contributed by atoms with van der Waals surface area (Å²) >= 11 is 0. The van der Waals surface area contributed by atoms with E-state index >= 15 is 0 Å². The van der Waals surface area contributed by atoms with E-state index < -0.39 is 11.3 Å². The molecule has 1 atom stereocenters. The highest BCUT2D eigenvalue weighted by Gasteiger charge is 2.68. The Morgan fingerprint density at radius 3 is 2.27 bits per heavy atom. The molecular formula is C7H9F2NO. The lowest BCUT2D eigenvalue weighted by Crippen LogP contribution is -2.73. The van der Waals surface area contributed by atoms with Crippen molar-refractivity contribution in [3.63, 3.8) is 0 Å². The highest BCUT2D eigenvalue weighted by molar-refractivity contribution is 5.91. The summed E-state index contributed by atoms with van der Waals surface area (Å²) < 4.78 is 24.8. The van der Waals surface area contributed by atoms with Crippen molar-refractivity contribution in [3.05, 3.63) is 0 Å². The predicted octanol–water partition coefficient (Wildman–Crippen LogP) is 0.920. The summed E-state index contributed by atoms with van der Waals surface area (Å²) in [5.74, 6) is -2.79. The van der Waals surface area contributed by atoms with Gasteiger partial charge >= 0.3 is 0 Å². The lowest BCUT2D eigenvalue weighted by molar-refractivity contribution is -0.205. The van der Waals surface area contributed by atoms with Crippen molar-refractivity contribution < 1.29 is 13.6 Å². The number of hydrogen-bond donors (Lipinski definition) is 1. The molecule has 4 heteroatoms. The molecule has 11 heavy (non-hydrogen) atoms. The molecule has 2 fully saturated rings. The first-order valence-electron chi connectivity index (χ1n) is 3.65. The van der Waals surface area contributed by atoms with Crippen molar-refractivity contribution in [2.45, 2.75) is 31.7 Å². The van der Waals surface area contributed by atoms with E-state index in [1.54, 1.807) is 6.92 Å².